The molecule has 0 bridgehead atoms. The molecule has 6 nitrogen and oxygen atoms in total. The SMILES string of the molecule is N#Cc1ccc(C(=O)NC(=Cc2ccc(Oc3ccccc3Br)cc2)C(=O)O)cc1. The third-order valence-corrected chi connectivity index (χ3v) is 4.67. The van der Waals surface area contributed by atoms with Crippen molar-refractivity contribution in [2.24, 2.45) is 0 Å². The van der Waals surface area contributed by atoms with Gasteiger partial charge in [-0.15, -0.1) is 0 Å². The molecule has 0 aliphatic heterocycles. The number of carbonyl (C=O) groups excluding carboxylic acids is 1. The van der Waals surface area contributed by atoms with Gasteiger partial charge in [-0.25, -0.2) is 4.79 Å². The summed E-state index contributed by atoms with van der Waals surface area (Å²) in [6.45, 7) is 0. The third-order valence-electron chi connectivity index (χ3n) is 4.01. The number of ether oxygens (including phenoxy) is 1. The number of nitrogens with zero attached hydrogens (tertiary/aromatic N) is 1. The maximum Gasteiger partial charge on any atom is 0.352 e. The van der Waals surface area contributed by atoms with E-state index in [1.807, 2.05) is 30.3 Å². The highest BCUT2D eigenvalue weighted by atomic mass is 79.9. The summed E-state index contributed by atoms with van der Waals surface area (Å²) in [7, 11) is 0. The molecule has 0 aliphatic rings. The molecule has 0 aliphatic carbocycles. The standard InChI is InChI=1S/C23H15BrN2O4/c24-19-3-1-2-4-21(19)30-18-11-7-15(8-12-18)13-20(23(28)29)26-22(27)17-9-5-16(14-25)6-10-17/h1-13H,(H,26,27)(H,28,29). The fraction of sp³-hybridized carbons (Fsp3) is 0. The number of amides is 1. The lowest BCUT2D eigenvalue weighted by Crippen LogP contribution is -2.27. The molecule has 0 fully saturated rings. The Balaban J connectivity index is 1.74. The van der Waals surface area contributed by atoms with E-state index in [2.05, 4.69) is 21.2 Å². The van der Waals surface area contributed by atoms with Crippen LogP contribution in [0.4, 0.5) is 0 Å². The molecule has 2 N–H and O–H groups in total. The predicted molar refractivity (Wildman–Crippen MR) is 115 cm³/mol. The van der Waals surface area contributed by atoms with Gasteiger partial charge in [0, 0.05) is 5.56 Å². The van der Waals surface area contributed by atoms with Crippen LogP contribution in [0.5, 0.6) is 11.5 Å². The molecule has 7 heteroatoms. The van der Waals surface area contributed by atoms with Gasteiger partial charge in [-0.05, 0) is 76.1 Å². The zero-order chi connectivity index (χ0) is 21.5. The fourth-order valence-corrected chi connectivity index (χ4v) is 2.86. The van der Waals surface area contributed by atoms with Gasteiger partial charge in [0.25, 0.3) is 5.91 Å². The summed E-state index contributed by atoms with van der Waals surface area (Å²) < 4.78 is 6.59. The normalized spacial score (nSPS) is 10.7. The van der Waals surface area contributed by atoms with Crippen LogP contribution in [-0.4, -0.2) is 17.0 Å². The summed E-state index contributed by atoms with van der Waals surface area (Å²) in [5.41, 5.74) is 0.958. The Morgan fingerprint density at radius 2 is 1.67 bits per heavy atom. The Morgan fingerprint density at radius 3 is 2.27 bits per heavy atom. The van der Waals surface area contributed by atoms with E-state index in [9.17, 15) is 14.7 Å². The van der Waals surface area contributed by atoms with Crippen LogP contribution in [0.3, 0.4) is 0 Å². The van der Waals surface area contributed by atoms with Gasteiger partial charge in [-0.3, -0.25) is 4.79 Å². The molecule has 0 aromatic heterocycles. The van der Waals surface area contributed by atoms with Gasteiger partial charge in [0.15, 0.2) is 0 Å². The number of para-hydroxylation sites is 1. The molecule has 0 spiro atoms. The second-order valence-corrected chi connectivity index (χ2v) is 6.96. The van der Waals surface area contributed by atoms with Gasteiger partial charge in [-0.2, -0.15) is 5.26 Å². The summed E-state index contributed by atoms with van der Waals surface area (Å²) in [5, 5.41) is 20.6. The largest absolute Gasteiger partial charge is 0.477 e. The van der Waals surface area contributed by atoms with Crippen LogP contribution in [-0.2, 0) is 4.79 Å². The van der Waals surface area contributed by atoms with Crippen molar-refractivity contribution in [1.82, 2.24) is 5.32 Å². The van der Waals surface area contributed by atoms with Gasteiger partial charge < -0.3 is 15.2 Å². The predicted octanol–water partition coefficient (Wildman–Crippen LogP) is 4.97. The highest BCUT2D eigenvalue weighted by Gasteiger charge is 2.13. The first-order valence-corrected chi connectivity index (χ1v) is 9.54. The van der Waals surface area contributed by atoms with Crippen LogP contribution < -0.4 is 10.1 Å². The first-order valence-electron chi connectivity index (χ1n) is 8.75. The summed E-state index contributed by atoms with van der Waals surface area (Å²) in [5.74, 6) is -0.619. The maximum atomic E-state index is 12.3. The first-order chi connectivity index (χ1) is 14.5. The van der Waals surface area contributed by atoms with Crippen molar-refractivity contribution < 1.29 is 19.4 Å². The molecule has 0 saturated carbocycles. The number of nitrogens with one attached hydrogen (secondary N) is 1. The Morgan fingerprint density at radius 1 is 1.00 bits per heavy atom. The van der Waals surface area contributed by atoms with Crippen molar-refractivity contribution in [1.29, 1.82) is 5.26 Å². The minimum Gasteiger partial charge on any atom is -0.477 e. The van der Waals surface area contributed by atoms with E-state index in [0.717, 1.165) is 4.47 Å². The van der Waals surface area contributed by atoms with Crippen LogP contribution in [0.1, 0.15) is 21.5 Å². The summed E-state index contributed by atoms with van der Waals surface area (Å²) in [4.78, 5) is 23.9. The number of carboxylic acid groups (broad SMARTS) is 1. The lowest BCUT2D eigenvalue weighted by Gasteiger charge is -2.08. The Labute approximate surface area is 181 Å². The van der Waals surface area contributed by atoms with Crippen molar-refractivity contribution in [2.75, 3.05) is 0 Å². The van der Waals surface area contributed by atoms with Gasteiger partial charge >= 0.3 is 5.97 Å². The minimum absolute atomic E-state index is 0.248. The zero-order valence-corrected chi connectivity index (χ0v) is 17.1. The van der Waals surface area contributed by atoms with E-state index in [-0.39, 0.29) is 11.3 Å². The maximum absolute atomic E-state index is 12.3. The van der Waals surface area contributed by atoms with Crippen molar-refractivity contribution in [2.45, 2.75) is 0 Å². The lowest BCUT2D eigenvalue weighted by atomic mass is 10.1. The van der Waals surface area contributed by atoms with Gasteiger partial charge in [0.1, 0.15) is 17.2 Å². The topological polar surface area (TPSA) is 99.4 Å². The number of halogens is 1. The van der Waals surface area contributed by atoms with Gasteiger partial charge in [-0.1, -0.05) is 24.3 Å². The van der Waals surface area contributed by atoms with Crippen molar-refractivity contribution in [3.63, 3.8) is 0 Å². The number of carboxylic acids is 1. The molecule has 148 valence electrons. The molecule has 1 amide bonds. The van der Waals surface area contributed by atoms with Gasteiger partial charge in [0.2, 0.25) is 0 Å². The molecule has 3 rings (SSSR count). The zero-order valence-electron chi connectivity index (χ0n) is 15.5. The molecule has 0 saturated heterocycles. The van der Waals surface area contributed by atoms with E-state index in [4.69, 9.17) is 10.00 Å². The Hall–Kier alpha value is -3.89. The number of hydrogen-bond donors (Lipinski definition) is 2. The van der Waals surface area contributed by atoms with E-state index in [0.29, 0.717) is 22.6 Å². The average Bonchev–Trinajstić information content (AvgIpc) is 2.76. The molecule has 3 aromatic carbocycles. The van der Waals surface area contributed by atoms with Gasteiger partial charge in [0.05, 0.1) is 16.1 Å². The average molecular weight is 463 g/mol. The monoisotopic (exact) mass is 462 g/mol. The number of rotatable bonds is 6. The lowest BCUT2D eigenvalue weighted by molar-refractivity contribution is -0.132. The number of nitriles is 1. The van der Waals surface area contributed by atoms with Crippen LogP contribution in [0, 0.1) is 11.3 Å². The third kappa shape index (κ3) is 5.34. The molecule has 0 heterocycles. The second kappa shape index (κ2) is 9.54. The number of aliphatic carboxylic acids is 1. The highest BCUT2D eigenvalue weighted by molar-refractivity contribution is 9.10. The molecule has 30 heavy (non-hydrogen) atoms. The molecule has 0 radical (unpaired) electrons. The van der Waals surface area contributed by atoms with Crippen LogP contribution in [0.25, 0.3) is 6.08 Å². The fourth-order valence-electron chi connectivity index (χ4n) is 2.50. The van der Waals surface area contributed by atoms with E-state index in [1.165, 1.54) is 30.3 Å². The van der Waals surface area contributed by atoms with Crippen molar-refractivity contribution in [3.8, 4) is 17.6 Å². The van der Waals surface area contributed by atoms with Crippen LogP contribution in [0.2, 0.25) is 0 Å². The molecular formula is C23H15BrN2O4. The number of carbonyl (C=O) groups is 2. The molecule has 0 atom stereocenters. The summed E-state index contributed by atoms with van der Waals surface area (Å²) in [6, 6.07) is 22.0. The number of hydrogen-bond acceptors (Lipinski definition) is 4. The van der Waals surface area contributed by atoms with Crippen molar-refractivity contribution >= 4 is 33.9 Å². The minimum atomic E-state index is -1.27. The molecule has 3 aromatic rings. The molecular weight excluding hydrogens is 448 g/mol. The second-order valence-electron chi connectivity index (χ2n) is 6.11. The van der Waals surface area contributed by atoms with E-state index in [1.54, 1.807) is 24.3 Å². The number of benzene rings is 3. The summed E-state index contributed by atoms with van der Waals surface area (Å²) >= 11 is 3.41. The highest BCUT2D eigenvalue weighted by Crippen LogP contribution is 2.29. The van der Waals surface area contributed by atoms with E-state index >= 15 is 0 Å². The Bertz CT molecular complexity index is 1150. The van der Waals surface area contributed by atoms with Crippen LogP contribution >= 0.6 is 15.9 Å². The van der Waals surface area contributed by atoms with E-state index < -0.39 is 11.9 Å². The summed E-state index contributed by atoms with van der Waals surface area (Å²) in [6.07, 6.45) is 1.35. The van der Waals surface area contributed by atoms with Crippen molar-refractivity contribution in [3.05, 3.63) is 99.7 Å². The first kappa shape index (κ1) is 20.8. The molecule has 0 unspecified atom stereocenters. The smallest absolute Gasteiger partial charge is 0.352 e. The quantitative estimate of drug-likeness (QED) is 0.503. The van der Waals surface area contributed by atoms with Crippen LogP contribution in [0.15, 0.2) is 83.0 Å². The Kier molecular flexibility index (Phi) is 6.63.